The maximum absolute atomic E-state index is 15.3. The lowest BCUT2D eigenvalue weighted by molar-refractivity contribution is -0.0786. The summed E-state index contributed by atoms with van der Waals surface area (Å²) in [6, 6.07) is 9.54. The van der Waals surface area contributed by atoms with Crippen molar-refractivity contribution in [1.82, 2.24) is 9.58 Å². The van der Waals surface area contributed by atoms with Crippen molar-refractivity contribution in [2.75, 3.05) is 25.5 Å². The Balaban J connectivity index is 1.60. The largest absolute Gasteiger partial charge is 0.510 e. The van der Waals surface area contributed by atoms with Gasteiger partial charge in [-0.3, -0.25) is 19.3 Å². The Hall–Kier alpha value is -4.20. The van der Waals surface area contributed by atoms with Gasteiger partial charge in [-0.25, -0.2) is 22.4 Å². The van der Waals surface area contributed by atoms with Gasteiger partial charge in [0.05, 0.1) is 19.6 Å². The molecular formula is C28H23F4N3O6S. The highest BCUT2D eigenvalue weighted by Crippen LogP contribution is 2.47. The van der Waals surface area contributed by atoms with Crippen molar-refractivity contribution in [2.45, 2.75) is 41.6 Å². The van der Waals surface area contributed by atoms with Crippen molar-refractivity contribution < 1.29 is 41.4 Å². The van der Waals surface area contributed by atoms with Crippen LogP contribution in [0.5, 0.6) is 5.75 Å². The number of fused-ring (bicyclic) bond motifs is 4. The molecule has 0 N–H and O–H groups in total. The molecule has 1 aromatic heterocycles. The molecule has 3 aliphatic rings. The Bertz CT molecular complexity index is 1650. The monoisotopic (exact) mass is 605 g/mol. The molecule has 0 saturated carbocycles. The molecule has 220 valence electrons. The maximum Gasteiger partial charge on any atom is 0.510 e. The highest BCUT2D eigenvalue weighted by Gasteiger charge is 2.52. The molecule has 2 aromatic carbocycles. The fourth-order valence-corrected chi connectivity index (χ4v) is 6.76. The van der Waals surface area contributed by atoms with Crippen LogP contribution in [-0.4, -0.2) is 54.2 Å². The molecular weight excluding hydrogens is 582 g/mol. The van der Waals surface area contributed by atoms with E-state index in [2.05, 4.69) is 4.74 Å². The fraction of sp³-hybridized carbons (Fsp3) is 0.321. The number of halogens is 4. The molecule has 14 heteroatoms. The normalized spacial score (nSPS) is 20.5. The van der Waals surface area contributed by atoms with E-state index in [0.717, 1.165) is 19.2 Å². The Labute approximate surface area is 240 Å². The van der Waals surface area contributed by atoms with Crippen LogP contribution in [0.15, 0.2) is 58.4 Å². The lowest BCUT2D eigenvalue weighted by Gasteiger charge is -2.53. The summed E-state index contributed by atoms with van der Waals surface area (Å²) < 4.78 is 75.6. The average molecular weight is 606 g/mol. The number of aromatic nitrogens is 1. The number of amides is 1. The zero-order valence-corrected chi connectivity index (χ0v) is 22.8. The highest BCUT2D eigenvalue weighted by atomic mass is 32.2. The zero-order chi connectivity index (χ0) is 29.8. The van der Waals surface area contributed by atoms with E-state index >= 15 is 13.2 Å². The molecule has 9 nitrogen and oxygen atoms in total. The number of piperidine rings is 1. The summed E-state index contributed by atoms with van der Waals surface area (Å²) in [5, 5.41) is 1.48. The second-order valence-electron chi connectivity index (χ2n) is 9.89. The first-order valence-corrected chi connectivity index (χ1v) is 13.8. The van der Waals surface area contributed by atoms with Crippen molar-refractivity contribution in [3.8, 4) is 5.75 Å². The van der Waals surface area contributed by atoms with Gasteiger partial charge >= 0.3 is 6.16 Å². The topological polar surface area (TPSA) is 90.3 Å². The number of benzene rings is 2. The first kappa shape index (κ1) is 27.9. The van der Waals surface area contributed by atoms with E-state index in [9.17, 15) is 18.8 Å². The van der Waals surface area contributed by atoms with E-state index in [4.69, 9.17) is 9.47 Å². The molecule has 2 atom stereocenters. The number of hydrogen-bond acceptors (Lipinski definition) is 8. The number of carbonyl (C=O) groups is 2. The van der Waals surface area contributed by atoms with E-state index in [1.165, 1.54) is 38.6 Å². The van der Waals surface area contributed by atoms with Crippen molar-refractivity contribution in [2.24, 2.45) is 0 Å². The number of rotatable bonds is 4. The summed E-state index contributed by atoms with van der Waals surface area (Å²) in [7, 11) is 1.07. The number of carbonyl (C=O) groups excluding carboxylic acids is 2. The molecule has 4 heterocycles. The molecule has 0 spiro atoms. The average Bonchev–Trinajstić information content (AvgIpc) is 3.13. The van der Waals surface area contributed by atoms with Crippen LogP contribution in [0.1, 0.15) is 46.1 Å². The van der Waals surface area contributed by atoms with Crippen molar-refractivity contribution in [3.05, 3.63) is 92.9 Å². The number of pyridine rings is 1. The van der Waals surface area contributed by atoms with E-state index in [1.54, 1.807) is 24.3 Å². The first-order chi connectivity index (χ1) is 20.1. The predicted octanol–water partition coefficient (Wildman–Crippen LogP) is 4.79. The van der Waals surface area contributed by atoms with Crippen LogP contribution in [0, 0.1) is 11.6 Å². The number of hydrogen-bond donors (Lipinski definition) is 0. The number of alkyl halides is 2. The van der Waals surface area contributed by atoms with Crippen molar-refractivity contribution in [1.29, 1.82) is 0 Å². The van der Waals surface area contributed by atoms with Gasteiger partial charge < -0.3 is 19.1 Å². The Kier molecular flexibility index (Phi) is 7.03. The van der Waals surface area contributed by atoms with Gasteiger partial charge in [0.2, 0.25) is 18.0 Å². The van der Waals surface area contributed by atoms with Gasteiger partial charge in [0.25, 0.3) is 11.8 Å². The third-order valence-corrected chi connectivity index (χ3v) is 8.65. The van der Waals surface area contributed by atoms with Gasteiger partial charge in [0, 0.05) is 41.4 Å². The molecule has 0 aliphatic carbocycles. The van der Waals surface area contributed by atoms with Gasteiger partial charge in [-0.05, 0) is 23.3 Å². The summed E-state index contributed by atoms with van der Waals surface area (Å²) >= 11 is 1.27. The van der Waals surface area contributed by atoms with E-state index < -0.39 is 72.6 Å². The van der Waals surface area contributed by atoms with Crippen LogP contribution >= 0.6 is 11.8 Å². The smallest absolute Gasteiger partial charge is 0.451 e. The third kappa shape index (κ3) is 4.63. The number of thioether (sulfide) groups is 1. The van der Waals surface area contributed by atoms with Crippen molar-refractivity contribution >= 4 is 23.8 Å². The van der Waals surface area contributed by atoms with Gasteiger partial charge in [-0.15, -0.1) is 11.8 Å². The molecule has 0 radical (unpaired) electrons. The first-order valence-electron chi connectivity index (χ1n) is 12.9. The lowest BCUT2D eigenvalue weighted by atomic mass is 9.91. The van der Waals surface area contributed by atoms with E-state index in [0.29, 0.717) is 16.0 Å². The minimum atomic E-state index is -3.14. The van der Waals surface area contributed by atoms with Gasteiger partial charge in [-0.1, -0.05) is 24.3 Å². The predicted molar refractivity (Wildman–Crippen MR) is 141 cm³/mol. The maximum atomic E-state index is 15.3. The minimum Gasteiger partial charge on any atom is -0.451 e. The molecule has 42 heavy (non-hydrogen) atoms. The van der Waals surface area contributed by atoms with Crippen LogP contribution < -0.4 is 15.2 Å². The number of methoxy groups -OCH3 is 1. The van der Waals surface area contributed by atoms with Crippen LogP contribution in [0.4, 0.5) is 22.4 Å². The molecule has 0 bridgehead atoms. The second-order valence-corrected chi connectivity index (χ2v) is 10.9. The van der Waals surface area contributed by atoms with Crippen LogP contribution in [0.2, 0.25) is 0 Å². The summed E-state index contributed by atoms with van der Waals surface area (Å²) in [5.74, 6) is -6.40. The third-order valence-electron chi connectivity index (χ3n) is 7.54. The summed E-state index contributed by atoms with van der Waals surface area (Å²) in [4.78, 5) is 40.2. The lowest BCUT2D eigenvalue weighted by Crippen LogP contribution is -2.66. The number of ether oxygens (including phenoxy) is 3. The summed E-state index contributed by atoms with van der Waals surface area (Å²) in [5.41, 5.74) is -0.0462. The quantitative estimate of drug-likeness (QED) is 0.238. The van der Waals surface area contributed by atoms with Crippen LogP contribution in [0.3, 0.4) is 0 Å². The Morgan fingerprint density at radius 3 is 2.67 bits per heavy atom. The second kappa shape index (κ2) is 10.6. The zero-order valence-electron chi connectivity index (χ0n) is 22.0. The molecule has 1 amide bonds. The summed E-state index contributed by atoms with van der Waals surface area (Å²) in [6.07, 6.45) is -2.44. The Morgan fingerprint density at radius 1 is 1.10 bits per heavy atom. The van der Waals surface area contributed by atoms with E-state index in [1.807, 2.05) is 0 Å². The standard InChI is InChI=1S/C28H23F4N3O6S/c1-39-27(38)41-14-40-25-19(36)8-10-34-24(25)26(37)33-11-9-28(31,32)12-21(33)35(34)23-15-6-7-18(29)22(30)17(15)13-42-20-5-3-2-4-16(20)23/h2-8,10,21,23H,9,11-14H2,1H3/t21-,23+/m1/s1. The fourth-order valence-electron chi connectivity index (χ4n) is 5.64. The molecule has 6 rings (SSSR count). The molecule has 1 saturated heterocycles. The summed E-state index contributed by atoms with van der Waals surface area (Å²) in [6.45, 7) is -1.12. The highest BCUT2D eigenvalue weighted by molar-refractivity contribution is 7.98. The van der Waals surface area contributed by atoms with Gasteiger partial charge in [-0.2, -0.15) is 0 Å². The Morgan fingerprint density at radius 2 is 1.88 bits per heavy atom. The molecule has 3 aromatic rings. The van der Waals surface area contributed by atoms with Crippen LogP contribution in [0.25, 0.3) is 0 Å². The minimum absolute atomic E-state index is 0.0535. The molecule has 3 aliphatic heterocycles. The van der Waals surface area contributed by atoms with Crippen molar-refractivity contribution in [3.63, 3.8) is 0 Å². The molecule has 0 unspecified atom stereocenters. The number of nitrogens with zero attached hydrogens (tertiary/aromatic N) is 3. The van der Waals surface area contributed by atoms with E-state index in [-0.39, 0.29) is 23.6 Å². The van der Waals surface area contributed by atoms with Gasteiger partial charge in [0.15, 0.2) is 17.3 Å². The SMILES string of the molecule is COC(=O)OCOc1c2n(ccc1=O)N([C@@H]1c3ccccc3SCc3c1ccc(F)c3F)[C@@H]1CC(F)(F)CCN1C2=O. The molecule has 1 fully saturated rings. The van der Waals surface area contributed by atoms with Gasteiger partial charge in [0.1, 0.15) is 6.17 Å². The van der Waals surface area contributed by atoms with Crippen LogP contribution in [-0.2, 0) is 15.2 Å².